The van der Waals surface area contributed by atoms with Crippen LogP contribution in [0.15, 0.2) is 29.6 Å². The first-order chi connectivity index (χ1) is 9.08. The molecular weight excluding hydrogens is 258 g/mol. The second kappa shape index (κ2) is 5.89. The van der Waals surface area contributed by atoms with Crippen LogP contribution in [0, 0.1) is 13.8 Å². The maximum Gasteiger partial charge on any atom is 0.338 e. The van der Waals surface area contributed by atoms with E-state index in [2.05, 4.69) is 0 Å². The largest absolute Gasteiger partial charge is 0.462 e. The molecule has 4 heteroatoms. The van der Waals surface area contributed by atoms with Crippen LogP contribution in [-0.2, 0) is 11.2 Å². The van der Waals surface area contributed by atoms with E-state index in [0.717, 1.165) is 17.5 Å². The summed E-state index contributed by atoms with van der Waals surface area (Å²) in [5, 5.41) is 2.02. The average Bonchev–Trinajstić information content (AvgIpc) is 2.86. The quantitative estimate of drug-likeness (QED) is 0.687. The number of aryl methyl sites for hydroxylation is 2. The number of ether oxygens (including phenoxy) is 1. The van der Waals surface area contributed by atoms with Gasteiger partial charge in [0.05, 0.1) is 12.2 Å². The van der Waals surface area contributed by atoms with E-state index in [4.69, 9.17) is 10.5 Å². The molecule has 19 heavy (non-hydrogen) atoms. The van der Waals surface area contributed by atoms with Crippen LogP contribution < -0.4 is 5.73 Å². The minimum absolute atomic E-state index is 0.305. The number of rotatable bonds is 4. The topological polar surface area (TPSA) is 52.3 Å². The number of anilines is 1. The Balaban J connectivity index is 1.98. The number of thiophene rings is 1. The molecule has 1 aromatic heterocycles. The van der Waals surface area contributed by atoms with Crippen molar-refractivity contribution in [3.63, 3.8) is 0 Å². The third-order valence-electron chi connectivity index (χ3n) is 2.99. The van der Waals surface area contributed by atoms with Crippen molar-refractivity contribution in [1.82, 2.24) is 0 Å². The molecule has 2 rings (SSSR count). The lowest BCUT2D eigenvalue weighted by Crippen LogP contribution is -2.10. The fourth-order valence-electron chi connectivity index (χ4n) is 1.87. The molecule has 0 aliphatic rings. The van der Waals surface area contributed by atoms with Gasteiger partial charge in [-0.3, -0.25) is 0 Å². The molecule has 0 aliphatic heterocycles. The predicted molar refractivity (Wildman–Crippen MR) is 78.6 cm³/mol. The minimum Gasteiger partial charge on any atom is -0.462 e. The molecule has 0 atom stereocenters. The summed E-state index contributed by atoms with van der Waals surface area (Å²) in [5.74, 6) is -0.305. The van der Waals surface area contributed by atoms with Crippen LogP contribution in [0.25, 0.3) is 0 Å². The highest BCUT2D eigenvalue weighted by molar-refractivity contribution is 7.09. The Morgan fingerprint density at radius 1 is 1.32 bits per heavy atom. The summed E-state index contributed by atoms with van der Waals surface area (Å²) in [6, 6.07) is 7.63. The number of hydrogen-bond acceptors (Lipinski definition) is 4. The zero-order chi connectivity index (χ0) is 13.8. The van der Waals surface area contributed by atoms with Gasteiger partial charge >= 0.3 is 5.97 Å². The van der Waals surface area contributed by atoms with Crippen LogP contribution in [0.1, 0.15) is 26.4 Å². The fourth-order valence-corrected chi connectivity index (χ4v) is 2.56. The summed E-state index contributed by atoms with van der Waals surface area (Å²) >= 11 is 1.67. The van der Waals surface area contributed by atoms with Crippen molar-refractivity contribution in [2.45, 2.75) is 20.3 Å². The van der Waals surface area contributed by atoms with Gasteiger partial charge in [0.25, 0.3) is 0 Å². The first-order valence-electron chi connectivity index (χ1n) is 6.14. The summed E-state index contributed by atoms with van der Waals surface area (Å²) in [6.07, 6.45) is 0.754. The lowest BCUT2D eigenvalue weighted by Gasteiger charge is -2.09. The van der Waals surface area contributed by atoms with Gasteiger partial charge in [-0.05, 0) is 42.5 Å². The SMILES string of the molecule is Cc1cc(C)c(C(=O)OCCc2cccs2)cc1N. The molecular formula is C15H17NO2S. The summed E-state index contributed by atoms with van der Waals surface area (Å²) in [7, 11) is 0. The van der Waals surface area contributed by atoms with Gasteiger partial charge in [0, 0.05) is 17.0 Å². The minimum atomic E-state index is -0.305. The number of carbonyl (C=O) groups is 1. The molecule has 0 spiro atoms. The number of benzene rings is 1. The number of nitrogens with two attached hydrogens (primary N) is 1. The van der Waals surface area contributed by atoms with Crippen molar-refractivity contribution in [2.24, 2.45) is 0 Å². The van der Waals surface area contributed by atoms with E-state index in [9.17, 15) is 4.79 Å². The van der Waals surface area contributed by atoms with Crippen molar-refractivity contribution in [3.8, 4) is 0 Å². The number of esters is 1. The second-order valence-corrected chi connectivity index (χ2v) is 5.52. The molecule has 0 saturated carbocycles. The molecule has 2 aromatic rings. The van der Waals surface area contributed by atoms with Crippen LogP contribution in [-0.4, -0.2) is 12.6 Å². The zero-order valence-corrected chi connectivity index (χ0v) is 11.9. The molecule has 0 unspecified atom stereocenters. The molecule has 0 bridgehead atoms. The Labute approximate surface area is 117 Å². The number of hydrogen-bond donors (Lipinski definition) is 1. The molecule has 2 N–H and O–H groups in total. The summed E-state index contributed by atoms with van der Waals surface area (Å²) < 4.78 is 5.29. The number of carbonyl (C=O) groups excluding carboxylic acids is 1. The third-order valence-corrected chi connectivity index (χ3v) is 3.93. The van der Waals surface area contributed by atoms with Crippen LogP contribution in [0.4, 0.5) is 5.69 Å². The first-order valence-corrected chi connectivity index (χ1v) is 7.02. The summed E-state index contributed by atoms with van der Waals surface area (Å²) in [6.45, 7) is 4.21. The molecule has 1 aromatic carbocycles. The average molecular weight is 275 g/mol. The maximum atomic E-state index is 12.0. The summed E-state index contributed by atoms with van der Waals surface area (Å²) in [4.78, 5) is 13.2. The van der Waals surface area contributed by atoms with Gasteiger partial charge in [-0.2, -0.15) is 0 Å². The molecule has 0 aliphatic carbocycles. The van der Waals surface area contributed by atoms with E-state index >= 15 is 0 Å². The van der Waals surface area contributed by atoms with Gasteiger partial charge in [-0.1, -0.05) is 12.1 Å². The zero-order valence-electron chi connectivity index (χ0n) is 11.1. The van der Waals surface area contributed by atoms with Gasteiger partial charge in [-0.15, -0.1) is 11.3 Å². The van der Waals surface area contributed by atoms with E-state index in [0.29, 0.717) is 17.9 Å². The Morgan fingerprint density at radius 2 is 2.11 bits per heavy atom. The van der Waals surface area contributed by atoms with Crippen LogP contribution >= 0.6 is 11.3 Å². The Bertz CT molecular complexity index is 576. The van der Waals surface area contributed by atoms with Gasteiger partial charge in [0.1, 0.15) is 0 Å². The van der Waals surface area contributed by atoms with E-state index < -0.39 is 0 Å². The van der Waals surface area contributed by atoms with Crippen LogP contribution in [0.5, 0.6) is 0 Å². The van der Waals surface area contributed by atoms with Crippen molar-refractivity contribution in [2.75, 3.05) is 12.3 Å². The maximum absolute atomic E-state index is 12.0. The number of nitrogen functional groups attached to an aromatic ring is 1. The highest BCUT2D eigenvalue weighted by Gasteiger charge is 2.12. The second-order valence-electron chi connectivity index (χ2n) is 4.49. The lowest BCUT2D eigenvalue weighted by atomic mass is 10.0. The highest BCUT2D eigenvalue weighted by atomic mass is 32.1. The standard InChI is InChI=1S/C15H17NO2S/c1-10-8-11(2)14(16)9-13(10)15(17)18-6-5-12-4-3-7-19-12/h3-4,7-9H,5-6,16H2,1-2H3. The Morgan fingerprint density at radius 3 is 2.79 bits per heavy atom. The molecule has 3 nitrogen and oxygen atoms in total. The molecule has 0 radical (unpaired) electrons. The summed E-state index contributed by atoms with van der Waals surface area (Å²) in [5.41, 5.74) is 8.87. The smallest absolute Gasteiger partial charge is 0.338 e. The molecule has 0 amide bonds. The van der Waals surface area contributed by atoms with Gasteiger partial charge in [0.2, 0.25) is 0 Å². The third kappa shape index (κ3) is 3.35. The Hall–Kier alpha value is -1.81. The monoisotopic (exact) mass is 275 g/mol. The molecule has 1 heterocycles. The predicted octanol–water partition coefficient (Wildman–Crippen LogP) is 3.35. The van der Waals surface area contributed by atoms with E-state index in [-0.39, 0.29) is 5.97 Å². The normalized spacial score (nSPS) is 10.4. The molecule has 0 saturated heterocycles. The molecule has 0 fully saturated rings. The van der Waals surface area contributed by atoms with Gasteiger partial charge in [-0.25, -0.2) is 4.79 Å². The van der Waals surface area contributed by atoms with Gasteiger partial charge < -0.3 is 10.5 Å². The lowest BCUT2D eigenvalue weighted by molar-refractivity contribution is 0.0509. The van der Waals surface area contributed by atoms with Gasteiger partial charge in [0.15, 0.2) is 0 Å². The van der Waals surface area contributed by atoms with E-state index in [1.807, 2.05) is 37.4 Å². The van der Waals surface area contributed by atoms with Crippen molar-refractivity contribution in [1.29, 1.82) is 0 Å². The highest BCUT2D eigenvalue weighted by Crippen LogP contribution is 2.19. The van der Waals surface area contributed by atoms with Crippen molar-refractivity contribution >= 4 is 23.0 Å². The van der Waals surface area contributed by atoms with Crippen molar-refractivity contribution < 1.29 is 9.53 Å². The van der Waals surface area contributed by atoms with Crippen molar-refractivity contribution in [3.05, 3.63) is 51.2 Å². The molecule has 100 valence electrons. The van der Waals surface area contributed by atoms with E-state index in [1.165, 1.54) is 4.88 Å². The fraction of sp³-hybridized carbons (Fsp3) is 0.267. The Kier molecular flexibility index (Phi) is 4.22. The first kappa shape index (κ1) is 13.6. The van der Waals surface area contributed by atoms with E-state index in [1.54, 1.807) is 17.4 Å². The van der Waals surface area contributed by atoms with Crippen LogP contribution in [0.3, 0.4) is 0 Å². The van der Waals surface area contributed by atoms with Crippen LogP contribution in [0.2, 0.25) is 0 Å².